The van der Waals surface area contributed by atoms with E-state index >= 15 is 0 Å². The second kappa shape index (κ2) is 3.83. The molecule has 1 aromatic carbocycles. The third kappa shape index (κ3) is 1.54. The van der Waals surface area contributed by atoms with Gasteiger partial charge in [-0.3, -0.25) is 4.79 Å². The van der Waals surface area contributed by atoms with Gasteiger partial charge < -0.3 is 4.74 Å². The molecule has 70 valence electrons. The summed E-state index contributed by atoms with van der Waals surface area (Å²) in [5.41, 5.74) is 1.77. The van der Waals surface area contributed by atoms with Crippen molar-refractivity contribution >= 4 is 17.4 Å². The zero-order valence-electron chi connectivity index (χ0n) is 7.38. The first-order valence-electron chi connectivity index (χ1n) is 4.14. The summed E-state index contributed by atoms with van der Waals surface area (Å²) in [5, 5.41) is 0.914. The molecule has 2 aromatic rings. The van der Waals surface area contributed by atoms with Gasteiger partial charge in [0.1, 0.15) is 12.9 Å². The first-order valence-corrected chi connectivity index (χ1v) is 4.14. The Balaban J connectivity index is 2.48. The Bertz CT molecular complexity index is 451. The van der Waals surface area contributed by atoms with E-state index in [1.54, 1.807) is 6.20 Å². The van der Waals surface area contributed by atoms with Gasteiger partial charge in [0.25, 0.3) is 6.47 Å². The molecule has 1 heterocycles. The number of aromatic nitrogens is 2. The van der Waals surface area contributed by atoms with Gasteiger partial charge in [-0.15, -0.1) is 0 Å². The normalized spacial score (nSPS) is 10.0. The summed E-state index contributed by atoms with van der Waals surface area (Å²) in [6, 6.07) is 5.65. The molecule has 14 heavy (non-hydrogen) atoms. The Hall–Kier alpha value is -1.97. The SMILES string of the molecule is O=COCc1cccc2ncncc12. The lowest BCUT2D eigenvalue weighted by Crippen LogP contribution is -1.92. The first-order chi connectivity index (χ1) is 6.92. The lowest BCUT2D eigenvalue weighted by atomic mass is 10.1. The van der Waals surface area contributed by atoms with Crippen molar-refractivity contribution in [3.05, 3.63) is 36.3 Å². The van der Waals surface area contributed by atoms with E-state index in [2.05, 4.69) is 9.97 Å². The van der Waals surface area contributed by atoms with E-state index in [1.165, 1.54) is 6.33 Å². The molecule has 4 nitrogen and oxygen atoms in total. The number of fused-ring (bicyclic) bond motifs is 1. The molecule has 0 fully saturated rings. The molecule has 0 aliphatic heterocycles. The van der Waals surface area contributed by atoms with Crippen LogP contribution in [-0.2, 0) is 16.1 Å². The highest BCUT2D eigenvalue weighted by Crippen LogP contribution is 2.15. The summed E-state index contributed by atoms with van der Waals surface area (Å²) >= 11 is 0. The van der Waals surface area contributed by atoms with Crippen LogP contribution in [0.4, 0.5) is 0 Å². The Morgan fingerprint density at radius 3 is 3.21 bits per heavy atom. The van der Waals surface area contributed by atoms with E-state index in [-0.39, 0.29) is 6.61 Å². The monoisotopic (exact) mass is 188 g/mol. The van der Waals surface area contributed by atoms with Crippen molar-refractivity contribution in [1.82, 2.24) is 9.97 Å². The molecule has 0 spiro atoms. The second-order valence-corrected chi connectivity index (χ2v) is 2.78. The van der Waals surface area contributed by atoms with Crippen molar-refractivity contribution in [3.63, 3.8) is 0 Å². The second-order valence-electron chi connectivity index (χ2n) is 2.78. The molecule has 0 N–H and O–H groups in total. The van der Waals surface area contributed by atoms with E-state index in [4.69, 9.17) is 4.74 Å². The van der Waals surface area contributed by atoms with Gasteiger partial charge in [0, 0.05) is 17.1 Å². The Labute approximate surface area is 80.6 Å². The third-order valence-corrected chi connectivity index (χ3v) is 1.95. The number of benzene rings is 1. The molecule has 0 amide bonds. The predicted octanol–water partition coefficient (Wildman–Crippen LogP) is 1.30. The van der Waals surface area contributed by atoms with Crippen molar-refractivity contribution in [2.75, 3.05) is 0 Å². The van der Waals surface area contributed by atoms with E-state index < -0.39 is 0 Å². The molecule has 0 radical (unpaired) electrons. The Kier molecular flexibility index (Phi) is 2.36. The van der Waals surface area contributed by atoms with Crippen LogP contribution in [0, 0.1) is 0 Å². The van der Waals surface area contributed by atoms with Crippen molar-refractivity contribution in [1.29, 1.82) is 0 Å². The van der Waals surface area contributed by atoms with Crippen LogP contribution in [0.2, 0.25) is 0 Å². The largest absolute Gasteiger partial charge is 0.463 e. The summed E-state index contributed by atoms with van der Waals surface area (Å²) in [6.45, 7) is 0.691. The zero-order valence-corrected chi connectivity index (χ0v) is 7.38. The molecule has 0 aliphatic rings. The maximum atomic E-state index is 10.1. The van der Waals surface area contributed by atoms with Gasteiger partial charge in [-0.05, 0) is 6.07 Å². The fraction of sp³-hybridized carbons (Fsp3) is 0.100. The minimum atomic E-state index is 0.258. The third-order valence-electron chi connectivity index (χ3n) is 1.95. The minimum absolute atomic E-state index is 0.258. The van der Waals surface area contributed by atoms with Gasteiger partial charge in [-0.25, -0.2) is 9.97 Å². The highest BCUT2D eigenvalue weighted by molar-refractivity contribution is 5.80. The van der Waals surface area contributed by atoms with Crippen molar-refractivity contribution in [2.24, 2.45) is 0 Å². The molecule has 1 aromatic heterocycles. The maximum Gasteiger partial charge on any atom is 0.293 e. The standard InChI is InChI=1S/C10H8N2O2/c13-7-14-5-8-2-1-3-10-9(8)4-11-6-12-10/h1-4,6-7H,5H2. The van der Waals surface area contributed by atoms with Crippen LogP contribution < -0.4 is 0 Å². The maximum absolute atomic E-state index is 10.1. The van der Waals surface area contributed by atoms with Crippen LogP contribution in [0.1, 0.15) is 5.56 Å². The van der Waals surface area contributed by atoms with Crippen LogP contribution in [0.5, 0.6) is 0 Å². The number of rotatable bonds is 3. The molecule has 2 rings (SSSR count). The highest BCUT2D eigenvalue weighted by Gasteiger charge is 2.00. The molecule has 0 aliphatic carbocycles. The molecular formula is C10H8N2O2. The molecule has 0 unspecified atom stereocenters. The van der Waals surface area contributed by atoms with Gasteiger partial charge in [0.15, 0.2) is 0 Å². The molecule has 0 atom stereocenters. The molecule has 0 saturated carbocycles. The zero-order chi connectivity index (χ0) is 9.80. The molecule has 4 heteroatoms. The highest BCUT2D eigenvalue weighted by atomic mass is 16.5. The number of ether oxygens (including phenoxy) is 1. The molecule has 0 saturated heterocycles. The van der Waals surface area contributed by atoms with Crippen LogP contribution in [0.15, 0.2) is 30.7 Å². The summed E-state index contributed by atoms with van der Waals surface area (Å²) in [4.78, 5) is 18.1. The number of hydrogen-bond donors (Lipinski definition) is 0. The lowest BCUT2D eigenvalue weighted by molar-refractivity contribution is -0.129. The number of carbonyl (C=O) groups is 1. The topological polar surface area (TPSA) is 52.1 Å². The van der Waals surface area contributed by atoms with E-state index in [0.29, 0.717) is 6.47 Å². The predicted molar refractivity (Wildman–Crippen MR) is 50.4 cm³/mol. The summed E-state index contributed by atoms with van der Waals surface area (Å²) in [5.74, 6) is 0. The lowest BCUT2D eigenvalue weighted by Gasteiger charge is -2.03. The number of hydrogen-bond acceptors (Lipinski definition) is 4. The van der Waals surface area contributed by atoms with Crippen LogP contribution in [0.25, 0.3) is 10.9 Å². The van der Waals surface area contributed by atoms with E-state index in [9.17, 15) is 4.79 Å². The van der Waals surface area contributed by atoms with E-state index in [0.717, 1.165) is 16.5 Å². The Morgan fingerprint density at radius 2 is 2.36 bits per heavy atom. The smallest absolute Gasteiger partial charge is 0.293 e. The fourth-order valence-corrected chi connectivity index (χ4v) is 1.31. The van der Waals surface area contributed by atoms with Crippen molar-refractivity contribution in [3.8, 4) is 0 Å². The van der Waals surface area contributed by atoms with Gasteiger partial charge >= 0.3 is 0 Å². The van der Waals surface area contributed by atoms with Crippen molar-refractivity contribution < 1.29 is 9.53 Å². The summed E-state index contributed by atoms with van der Waals surface area (Å²) in [7, 11) is 0. The average Bonchev–Trinajstić information content (AvgIpc) is 2.26. The Morgan fingerprint density at radius 1 is 1.43 bits per heavy atom. The van der Waals surface area contributed by atoms with Crippen molar-refractivity contribution in [2.45, 2.75) is 6.61 Å². The first kappa shape index (κ1) is 8.62. The quantitative estimate of drug-likeness (QED) is 0.681. The fourth-order valence-electron chi connectivity index (χ4n) is 1.31. The van der Waals surface area contributed by atoms with Crippen LogP contribution >= 0.6 is 0 Å². The van der Waals surface area contributed by atoms with Gasteiger partial charge in [-0.1, -0.05) is 12.1 Å². The summed E-state index contributed by atoms with van der Waals surface area (Å²) in [6.07, 6.45) is 3.21. The summed E-state index contributed by atoms with van der Waals surface area (Å²) < 4.78 is 4.69. The average molecular weight is 188 g/mol. The van der Waals surface area contributed by atoms with Gasteiger partial charge in [-0.2, -0.15) is 0 Å². The van der Waals surface area contributed by atoms with E-state index in [1.807, 2.05) is 18.2 Å². The molecular weight excluding hydrogens is 180 g/mol. The van der Waals surface area contributed by atoms with Crippen LogP contribution in [-0.4, -0.2) is 16.4 Å². The number of nitrogens with zero attached hydrogens (tertiary/aromatic N) is 2. The van der Waals surface area contributed by atoms with Crippen LogP contribution in [0.3, 0.4) is 0 Å². The minimum Gasteiger partial charge on any atom is -0.463 e. The van der Waals surface area contributed by atoms with Gasteiger partial charge in [0.2, 0.25) is 0 Å². The molecule has 0 bridgehead atoms. The van der Waals surface area contributed by atoms with Gasteiger partial charge in [0.05, 0.1) is 5.52 Å². The number of carbonyl (C=O) groups excluding carboxylic acids is 1.